The highest BCUT2D eigenvalue weighted by Gasteiger charge is 2.10. The lowest BCUT2D eigenvalue weighted by atomic mass is 9.97. The summed E-state index contributed by atoms with van der Waals surface area (Å²) in [5, 5.41) is 3.84. The molecule has 0 unspecified atom stereocenters. The minimum Gasteiger partial charge on any atom is -0.382 e. The second-order valence-corrected chi connectivity index (χ2v) is 6.92. The molecule has 1 N–H and O–H groups in total. The first-order valence-electron chi connectivity index (χ1n) is 9.09. The van der Waals surface area contributed by atoms with E-state index >= 15 is 0 Å². The van der Waals surface area contributed by atoms with Crippen molar-refractivity contribution >= 4 is 5.69 Å². The highest BCUT2D eigenvalue weighted by molar-refractivity contribution is 5.53. The molecule has 0 amide bonds. The van der Waals surface area contributed by atoms with Gasteiger partial charge in [-0.3, -0.25) is 0 Å². The van der Waals surface area contributed by atoms with Gasteiger partial charge in [-0.2, -0.15) is 0 Å². The van der Waals surface area contributed by atoms with Crippen LogP contribution in [-0.4, -0.2) is 6.04 Å². The topological polar surface area (TPSA) is 12.0 Å². The minimum atomic E-state index is 0.671. The van der Waals surface area contributed by atoms with Crippen LogP contribution in [0.25, 0.3) is 0 Å². The summed E-state index contributed by atoms with van der Waals surface area (Å²) in [5.41, 5.74) is 4.09. The Hall–Kier alpha value is -0.980. The maximum Gasteiger partial charge on any atom is 0.0374 e. The molecule has 0 spiro atoms. The standard InChI is InChI=1S/C20H33N/c1-17-14-15-18(2)20(16-17)21-19-12-10-8-6-4-3-5-7-9-11-13-19/h14-16,19,21H,3-13H2,1-2H3. The summed E-state index contributed by atoms with van der Waals surface area (Å²) < 4.78 is 0. The third kappa shape index (κ3) is 6.11. The lowest BCUT2D eigenvalue weighted by Crippen LogP contribution is -2.20. The predicted octanol–water partition coefficient (Wildman–Crippen LogP) is 6.39. The van der Waals surface area contributed by atoms with Gasteiger partial charge in [-0.05, 0) is 43.9 Å². The van der Waals surface area contributed by atoms with Gasteiger partial charge in [0.1, 0.15) is 0 Å². The summed E-state index contributed by atoms with van der Waals surface area (Å²) >= 11 is 0. The maximum absolute atomic E-state index is 3.84. The zero-order valence-corrected chi connectivity index (χ0v) is 14.1. The van der Waals surface area contributed by atoms with Gasteiger partial charge in [-0.1, -0.05) is 69.9 Å². The molecule has 21 heavy (non-hydrogen) atoms. The van der Waals surface area contributed by atoms with Gasteiger partial charge in [0.05, 0.1) is 0 Å². The summed E-state index contributed by atoms with van der Waals surface area (Å²) in [6.45, 7) is 4.41. The average Bonchev–Trinajstić information content (AvgIpc) is 2.45. The van der Waals surface area contributed by atoms with Gasteiger partial charge in [0.2, 0.25) is 0 Å². The molecular weight excluding hydrogens is 254 g/mol. The molecule has 0 heterocycles. The van der Waals surface area contributed by atoms with Gasteiger partial charge in [-0.25, -0.2) is 0 Å². The average molecular weight is 287 g/mol. The Balaban J connectivity index is 1.92. The van der Waals surface area contributed by atoms with Crippen LogP contribution in [0.3, 0.4) is 0 Å². The molecule has 1 heteroatoms. The van der Waals surface area contributed by atoms with E-state index in [1.807, 2.05) is 0 Å². The molecule has 0 radical (unpaired) electrons. The normalized spacial score (nSPS) is 19.5. The quantitative estimate of drug-likeness (QED) is 0.664. The van der Waals surface area contributed by atoms with Crippen molar-refractivity contribution in [1.82, 2.24) is 0 Å². The van der Waals surface area contributed by atoms with Crippen molar-refractivity contribution in [3.8, 4) is 0 Å². The van der Waals surface area contributed by atoms with E-state index in [2.05, 4.69) is 37.4 Å². The molecule has 1 fully saturated rings. The van der Waals surface area contributed by atoms with Crippen LogP contribution in [0.1, 0.15) is 81.8 Å². The Kier molecular flexibility index (Phi) is 7.12. The molecule has 118 valence electrons. The van der Waals surface area contributed by atoms with Crippen molar-refractivity contribution in [2.45, 2.75) is 90.5 Å². The van der Waals surface area contributed by atoms with Gasteiger partial charge in [0.25, 0.3) is 0 Å². The number of nitrogens with one attached hydrogen (secondary N) is 1. The molecular formula is C20H33N. The van der Waals surface area contributed by atoms with E-state index in [1.54, 1.807) is 0 Å². The fourth-order valence-electron chi connectivity index (χ4n) is 3.42. The van der Waals surface area contributed by atoms with Crippen LogP contribution in [0.5, 0.6) is 0 Å². The SMILES string of the molecule is Cc1ccc(C)c(NC2CCCCCCCCCCC2)c1. The van der Waals surface area contributed by atoms with E-state index in [-0.39, 0.29) is 0 Å². The lowest BCUT2D eigenvalue weighted by Gasteiger charge is -2.22. The summed E-state index contributed by atoms with van der Waals surface area (Å²) in [4.78, 5) is 0. The Labute approximate surface area is 131 Å². The zero-order chi connectivity index (χ0) is 14.9. The second kappa shape index (κ2) is 9.12. The van der Waals surface area contributed by atoms with E-state index in [9.17, 15) is 0 Å². The van der Waals surface area contributed by atoms with Gasteiger partial charge in [0, 0.05) is 11.7 Å². The number of aryl methyl sites for hydroxylation is 2. The molecule has 0 atom stereocenters. The number of benzene rings is 1. The molecule has 2 rings (SSSR count). The van der Waals surface area contributed by atoms with E-state index in [0.717, 1.165) is 0 Å². The monoisotopic (exact) mass is 287 g/mol. The lowest BCUT2D eigenvalue weighted by molar-refractivity contribution is 0.480. The van der Waals surface area contributed by atoms with Crippen molar-refractivity contribution in [3.05, 3.63) is 29.3 Å². The van der Waals surface area contributed by atoms with Gasteiger partial charge < -0.3 is 5.32 Å². The highest BCUT2D eigenvalue weighted by Crippen LogP contribution is 2.22. The summed E-state index contributed by atoms with van der Waals surface area (Å²) in [7, 11) is 0. The number of hydrogen-bond acceptors (Lipinski definition) is 1. The van der Waals surface area contributed by atoms with E-state index in [4.69, 9.17) is 0 Å². The summed E-state index contributed by atoms with van der Waals surface area (Å²) in [6, 6.07) is 7.44. The largest absolute Gasteiger partial charge is 0.382 e. The van der Waals surface area contributed by atoms with Crippen LogP contribution in [-0.2, 0) is 0 Å². The number of rotatable bonds is 2. The van der Waals surface area contributed by atoms with Crippen LogP contribution in [0.2, 0.25) is 0 Å². The van der Waals surface area contributed by atoms with Crippen LogP contribution in [0, 0.1) is 13.8 Å². The molecule has 0 aromatic heterocycles. The second-order valence-electron chi connectivity index (χ2n) is 6.92. The maximum atomic E-state index is 3.84. The molecule has 0 saturated heterocycles. The number of anilines is 1. The van der Waals surface area contributed by atoms with Crippen LogP contribution < -0.4 is 5.32 Å². The van der Waals surface area contributed by atoms with Crippen LogP contribution in [0.4, 0.5) is 5.69 Å². The first kappa shape index (κ1) is 16.4. The molecule has 0 aliphatic heterocycles. The molecule has 1 nitrogen and oxygen atoms in total. The molecule has 1 aliphatic carbocycles. The Morgan fingerprint density at radius 2 is 1.29 bits per heavy atom. The fourth-order valence-corrected chi connectivity index (χ4v) is 3.42. The number of hydrogen-bond donors (Lipinski definition) is 1. The summed E-state index contributed by atoms with van der Waals surface area (Å²) in [6.07, 6.45) is 15.6. The molecule has 0 bridgehead atoms. The van der Waals surface area contributed by atoms with Gasteiger partial charge in [0.15, 0.2) is 0 Å². The Bertz CT molecular complexity index is 398. The van der Waals surface area contributed by atoms with Gasteiger partial charge >= 0.3 is 0 Å². The van der Waals surface area contributed by atoms with Crippen molar-refractivity contribution < 1.29 is 0 Å². The Morgan fingerprint density at radius 3 is 1.86 bits per heavy atom. The predicted molar refractivity (Wildman–Crippen MR) is 94.1 cm³/mol. The molecule has 1 aromatic rings. The van der Waals surface area contributed by atoms with Crippen LogP contribution in [0.15, 0.2) is 18.2 Å². The molecule has 1 saturated carbocycles. The highest BCUT2D eigenvalue weighted by atomic mass is 14.9. The van der Waals surface area contributed by atoms with Crippen molar-refractivity contribution in [3.63, 3.8) is 0 Å². The smallest absolute Gasteiger partial charge is 0.0374 e. The first-order valence-corrected chi connectivity index (χ1v) is 9.09. The van der Waals surface area contributed by atoms with Gasteiger partial charge in [-0.15, -0.1) is 0 Å². The molecule has 1 aromatic carbocycles. The summed E-state index contributed by atoms with van der Waals surface area (Å²) in [5.74, 6) is 0. The minimum absolute atomic E-state index is 0.671. The Morgan fingerprint density at radius 1 is 0.762 bits per heavy atom. The van der Waals surface area contributed by atoms with Crippen LogP contribution >= 0.6 is 0 Å². The zero-order valence-electron chi connectivity index (χ0n) is 14.1. The van der Waals surface area contributed by atoms with E-state index in [0.29, 0.717) is 6.04 Å². The molecule has 1 aliphatic rings. The van der Waals surface area contributed by atoms with E-state index in [1.165, 1.54) is 87.4 Å². The first-order chi connectivity index (χ1) is 10.3. The van der Waals surface area contributed by atoms with Crippen molar-refractivity contribution in [2.24, 2.45) is 0 Å². The third-order valence-corrected chi connectivity index (χ3v) is 4.86. The van der Waals surface area contributed by atoms with Crippen molar-refractivity contribution in [2.75, 3.05) is 5.32 Å². The fraction of sp³-hybridized carbons (Fsp3) is 0.700. The third-order valence-electron chi connectivity index (χ3n) is 4.86. The van der Waals surface area contributed by atoms with Crippen molar-refractivity contribution in [1.29, 1.82) is 0 Å². The van der Waals surface area contributed by atoms with E-state index < -0.39 is 0 Å².